The molecule has 104 valence electrons. The molecule has 0 bridgehead atoms. The Morgan fingerprint density at radius 1 is 0.706 bits per heavy atom. The Morgan fingerprint density at radius 3 is 1.65 bits per heavy atom. The zero-order chi connectivity index (χ0) is 12.9. The third kappa shape index (κ3) is 13.9. The van der Waals surface area contributed by atoms with E-state index in [1.165, 1.54) is 57.8 Å². The Kier molecular flexibility index (Phi) is 12.4. The van der Waals surface area contributed by atoms with Gasteiger partial charge in [-0.3, -0.25) is 0 Å². The lowest BCUT2D eigenvalue weighted by Crippen LogP contribution is -2.05. The van der Waals surface area contributed by atoms with Gasteiger partial charge in [-0.25, -0.2) is 0 Å². The molecule has 0 rings (SSSR count). The zero-order valence-electron chi connectivity index (χ0n) is 12.4. The molecule has 0 amide bonds. The topological polar surface area (TPSA) is 20.2 Å². The van der Waals surface area contributed by atoms with Crippen LogP contribution in [0.4, 0.5) is 0 Å². The van der Waals surface area contributed by atoms with Crippen molar-refractivity contribution in [1.29, 1.82) is 0 Å². The highest BCUT2D eigenvalue weighted by Gasteiger charge is 2.03. The highest BCUT2D eigenvalue weighted by atomic mass is 16.3. The van der Waals surface area contributed by atoms with Crippen LogP contribution in [0, 0.1) is 5.92 Å². The van der Waals surface area contributed by atoms with Crippen molar-refractivity contribution in [2.75, 3.05) is 0 Å². The summed E-state index contributed by atoms with van der Waals surface area (Å²) in [6, 6.07) is 0. The summed E-state index contributed by atoms with van der Waals surface area (Å²) in [5, 5.41) is 9.79. The molecule has 1 N–H and O–H groups in total. The van der Waals surface area contributed by atoms with Crippen LogP contribution in [0.3, 0.4) is 0 Å². The third-order valence-corrected chi connectivity index (χ3v) is 3.46. The standard InChI is InChI=1S/C16H34O/c1-4-5-6-10-13-16(17)14-11-8-7-9-12-15(2)3/h15-17H,4-14H2,1-3H3. The number of rotatable bonds is 12. The molecule has 0 aromatic heterocycles. The molecule has 1 unspecified atom stereocenters. The molecule has 0 saturated heterocycles. The number of hydrogen-bond donors (Lipinski definition) is 1. The van der Waals surface area contributed by atoms with Crippen molar-refractivity contribution in [1.82, 2.24) is 0 Å². The molecule has 0 aliphatic carbocycles. The van der Waals surface area contributed by atoms with Gasteiger partial charge in [0.25, 0.3) is 0 Å². The maximum absolute atomic E-state index is 9.79. The van der Waals surface area contributed by atoms with E-state index in [0.717, 1.165) is 18.8 Å². The molecule has 17 heavy (non-hydrogen) atoms. The van der Waals surface area contributed by atoms with Gasteiger partial charge in [0, 0.05) is 0 Å². The van der Waals surface area contributed by atoms with E-state index >= 15 is 0 Å². The van der Waals surface area contributed by atoms with E-state index in [2.05, 4.69) is 20.8 Å². The second-order valence-electron chi connectivity index (χ2n) is 5.89. The van der Waals surface area contributed by atoms with Gasteiger partial charge in [-0.05, 0) is 18.8 Å². The van der Waals surface area contributed by atoms with E-state index in [4.69, 9.17) is 0 Å². The predicted molar refractivity (Wildman–Crippen MR) is 77.3 cm³/mol. The van der Waals surface area contributed by atoms with Gasteiger partial charge < -0.3 is 5.11 Å². The summed E-state index contributed by atoms with van der Waals surface area (Å²) in [6.45, 7) is 6.81. The number of aliphatic hydroxyl groups is 1. The van der Waals surface area contributed by atoms with Gasteiger partial charge in [0.15, 0.2) is 0 Å². The van der Waals surface area contributed by atoms with Crippen LogP contribution in [0.5, 0.6) is 0 Å². The first-order valence-corrected chi connectivity index (χ1v) is 7.84. The Balaban J connectivity index is 3.13. The van der Waals surface area contributed by atoms with Crippen molar-refractivity contribution in [3.05, 3.63) is 0 Å². The first kappa shape index (κ1) is 17.0. The van der Waals surface area contributed by atoms with Gasteiger partial charge in [-0.15, -0.1) is 0 Å². The highest BCUT2D eigenvalue weighted by molar-refractivity contribution is 4.57. The summed E-state index contributed by atoms with van der Waals surface area (Å²) in [7, 11) is 0. The SMILES string of the molecule is CCCCCCC(O)CCCCCCC(C)C. The van der Waals surface area contributed by atoms with Gasteiger partial charge in [0.05, 0.1) is 6.10 Å². The minimum atomic E-state index is -0.0306. The lowest BCUT2D eigenvalue weighted by atomic mass is 10.0. The monoisotopic (exact) mass is 242 g/mol. The van der Waals surface area contributed by atoms with Crippen LogP contribution in [-0.4, -0.2) is 11.2 Å². The van der Waals surface area contributed by atoms with E-state index in [9.17, 15) is 5.11 Å². The Hall–Kier alpha value is -0.0400. The van der Waals surface area contributed by atoms with Gasteiger partial charge in [-0.2, -0.15) is 0 Å². The molecule has 0 aromatic carbocycles. The maximum atomic E-state index is 9.79. The smallest absolute Gasteiger partial charge is 0.0540 e. The molecule has 0 aliphatic rings. The Labute approximate surface area is 109 Å². The molecule has 1 nitrogen and oxygen atoms in total. The summed E-state index contributed by atoms with van der Waals surface area (Å²) in [5.41, 5.74) is 0. The van der Waals surface area contributed by atoms with E-state index in [0.29, 0.717) is 0 Å². The zero-order valence-corrected chi connectivity index (χ0v) is 12.4. The molecular weight excluding hydrogens is 208 g/mol. The fourth-order valence-corrected chi connectivity index (χ4v) is 2.24. The average Bonchev–Trinajstić information content (AvgIpc) is 2.29. The second-order valence-corrected chi connectivity index (χ2v) is 5.89. The largest absolute Gasteiger partial charge is 0.393 e. The van der Waals surface area contributed by atoms with Crippen LogP contribution in [0.2, 0.25) is 0 Å². The minimum absolute atomic E-state index is 0.0306. The molecular formula is C16H34O. The van der Waals surface area contributed by atoms with Crippen LogP contribution < -0.4 is 0 Å². The summed E-state index contributed by atoms with van der Waals surface area (Å²) < 4.78 is 0. The highest BCUT2D eigenvalue weighted by Crippen LogP contribution is 2.14. The molecule has 1 heteroatoms. The number of hydrogen-bond acceptors (Lipinski definition) is 1. The maximum Gasteiger partial charge on any atom is 0.0540 e. The van der Waals surface area contributed by atoms with Crippen molar-refractivity contribution < 1.29 is 5.11 Å². The summed E-state index contributed by atoms with van der Waals surface area (Å²) in [4.78, 5) is 0. The Bertz CT molecular complexity index is 142. The van der Waals surface area contributed by atoms with Crippen LogP contribution in [0.25, 0.3) is 0 Å². The fourth-order valence-electron chi connectivity index (χ4n) is 2.24. The van der Waals surface area contributed by atoms with Crippen molar-refractivity contribution in [2.45, 2.75) is 97.5 Å². The van der Waals surface area contributed by atoms with Gasteiger partial charge >= 0.3 is 0 Å². The van der Waals surface area contributed by atoms with Crippen molar-refractivity contribution in [3.8, 4) is 0 Å². The van der Waals surface area contributed by atoms with Crippen molar-refractivity contribution in [2.24, 2.45) is 5.92 Å². The molecule has 0 radical (unpaired) electrons. The minimum Gasteiger partial charge on any atom is -0.393 e. The van der Waals surface area contributed by atoms with E-state index in [1.54, 1.807) is 0 Å². The molecule has 0 saturated carbocycles. The molecule has 0 spiro atoms. The number of unbranched alkanes of at least 4 members (excludes halogenated alkanes) is 6. The lowest BCUT2D eigenvalue weighted by Gasteiger charge is -2.10. The summed E-state index contributed by atoms with van der Waals surface area (Å²) in [6.07, 6.45) is 13.7. The predicted octanol–water partition coefficient (Wildman–Crippen LogP) is 5.31. The molecule has 0 heterocycles. The molecule has 1 atom stereocenters. The van der Waals surface area contributed by atoms with E-state index in [-0.39, 0.29) is 6.10 Å². The molecule has 0 aromatic rings. The average molecular weight is 242 g/mol. The lowest BCUT2D eigenvalue weighted by molar-refractivity contribution is 0.147. The first-order chi connectivity index (χ1) is 8.16. The van der Waals surface area contributed by atoms with Gasteiger partial charge in [0.1, 0.15) is 0 Å². The first-order valence-electron chi connectivity index (χ1n) is 7.84. The number of aliphatic hydroxyl groups excluding tert-OH is 1. The van der Waals surface area contributed by atoms with Crippen LogP contribution in [-0.2, 0) is 0 Å². The van der Waals surface area contributed by atoms with Crippen LogP contribution in [0.1, 0.15) is 91.4 Å². The normalized spacial score (nSPS) is 13.2. The van der Waals surface area contributed by atoms with Crippen LogP contribution >= 0.6 is 0 Å². The summed E-state index contributed by atoms with van der Waals surface area (Å²) >= 11 is 0. The van der Waals surface area contributed by atoms with Gasteiger partial charge in [0.2, 0.25) is 0 Å². The van der Waals surface area contributed by atoms with Crippen molar-refractivity contribution >= 4 is 0 Å². The van der Waals surface area contributed by atoms with E-state index in [1.807, 2.05) is 0 Å². The van der Waals surface area contributed by atoms with Gasteiger partial charge in [-0.1, -0.05) is 78.6 Å². The third-order valence-electron chi connectivity index (χ3n) is 3.46. The van der Waals surface area contributed by atoms with Crippen LogP contribution in [0.15, 0.2) is 0 Å². The van der Waals surface area contributed by atoms with E-state index < -0.39 is 0 Å². The Morgan fingerprint density at radius 2 is 1.18 bits per heavy atom. The second kappa shape index (κ2) is 12.4. The van der Waals surface area contributed by atoms with Crippen molar-refractivity contribution in [3.63, 3.8) is 0 Å². The quantitative estimate of drug-likeness (QED) is 0.460. The summed E-state index contributed by atoms with van der Waals surface area (Å²) in [5.74, 6) is 0.846. The fraction of sp³-hybridized carbons (Fsp3) is 1.00. The molecule has 0 fully saturated rings. The molecule has 0 aliphatic heterocycles.